The molecule has 3 aromatic rings. The number of fused-ring (bicyclic) bond motifs is 2. The van der Waals surface area contributed by atoms with Crippen LogP contribution in [0.2, 0.25) is 5.02 Å². The van der Waals surface area contributed by atoms with Crippen LogP contribution >= 0.6 is 27.5 Å². The first-order valence-electron chi connectivity index (χ1n) is 12.1. The summed E-state index contributed by atoms with van der Waals surface area (Å²) in [5.41, 5.74) is 3.73. The molecule has 5 rings (SSSR count). The SMILES string of the molecule is C=C(C)[C@@H]1C/C(=N/OS(=O)(=O)c2ccc(C)cc2)C[C@@H](c2cccc(Cl)c2)[C@@]12C(=O)Nc1cc(Br)ccc12. The number of anilines is 1. The molecular weight excluding hydrogens is 588 g/mol. The van der Waals surface area contributed by atoms with Crippen molar-refractivity contribution in [1.29, 1.82) is 0 Å². The zero-order valence-corrected chi connectivity index (χ0v) is 24.0. The van der Waals surface area contributed by atoms with Crippen LogP contribution in [0.1, 0.15) is 42.4 Å². The molecule has 0 unspecified atom stereocenters. The van der Waals surface area contributed by atoms with Crippen LogP contribution in [-0.4, -0.2) is 20.0 Å². The summed E-state index contributed by atoms with van der Waals surface area (Å²) in [7, 11) is -4.11. The Morgan fingerprint density at radius 3 is 2.55 bits per heavy atom. The molecule has 6 nitrogen and oxygen atoms in total. The number of hydrogen-bond acceptors (Lipinski definition) is 5. The Hall–Kier alpha value is -2.94. The summed E-state index contributed by atoms with van der Waals surface area (Å²) >= 11 is 9.90. The molecule has 1 spiro atoms. The number of halogens is 2. The monoisotopic (exact) mass is 612 g/mol. The minimum atomic E-state index is -4.11. The van der Waals surface area contributed by atoms with Crippen LogP contribution in [0.15, 0.2) is 93.4 Å². The maximum Gasteiger partial charge on any atom is 0.358 e. The van der Waals surface area contributed by atoms with Gasteiger partial charge in [0.2, 0.25) is 5.91 Å². The molecular formula is C29H26BrClN2O4S. The van der Waals surface area contributed by atoms with Crippen molar-refractivity contribution in [1.82, 2.24) is 0 Å². The van der Waals surface area contributed by atoms with E-state index in [2.05, 4.69) is 33.0 Å². The van der Waals surface area contributed by atoms with E-state index in [0.29, 0.717) is 23.6 Å². The molecule has 1 aliphatic heterocycles. The summed E-state index contributed by atoms with van der Waals surface area (Å²) in [5.74, 6) is -0.897. The Morgan fingerprint density at radius 1 is 1.13 bits per heavy atom. The fourth-order valence-corrected chi connectivity index (χ4v) is 7.05. The highest BCUT2D eigenvalue weighted by atomic mass is 79.9. The number of nitrogens with zero attached hydrogens (tertiary/aromatic N) is 1. The highest BCUT2D eigenvalue weighted by molar-refractivity contribution is 9.10. The van der Waals surface area contributed by atoms with Crippen molar-refractivity contribution in [2.45, 2.75) is 42.9 Å². The molecule has 0 radical (unpaired) electrons. The number of carbonyl (C=O) groups excluding carboxylic acids is 1. The van der Waals surface area contributed by atoms with Crippen LogP contribution < -0.4 is 5.32 Å². The van der Waals surface area contributed by atoms with E-state index in [-0.39, 0.29) is 16.7 Å². The second kappa shape index (κ2) is 9.98. The average molecular weight is 614 g/mol. The van der Waals surface area contributed by atoms with Gasteiger partial charge in [0.1, 0.15) is 4.90 Å². The predicted octanol–water partition coefficient (Wildman–Crippen LogP) is 7.13. The van der Waals surface area contributed by atoms with E-state index in [1.807, 2.05) is 50.2 Å². The number of rotatable bonds is 5. The molecule has 3 atom stereocenters. The Kier molecular flexibility index (Phi) is 7.00. The van der Waals surface area contributed by atoms with Crippen molar-refractivity contribution in [2.24, 2.45) is 11.1 Å². The van der Waals surface area contributed by atoms with Crippen LogP contribution in [0.5, 0.6) is 0 Å². The molecule has 1 heterocycles. The number of aryl methyl sites for hydroxylation is 1. The number of nitrogens with one attached hydrogen (secondary N) is 1. The van der Waals surface area contributed by atoms with Crippen molar-refractivity contribution in [2.75, 3.05) is 5.32 Å². The number of benzene rings is 3. The standard InChI is InChI=1S/C29H26BrClN2O4S/c1-17(2)25-15-22(33-37-38(35,36)23-10-7-18(3)8-11-23)16-26(19-5-4-6-21(31)13-19)29(25)24-12-9-20(30)14-27(24)32-28(29)34/h4-14,25-26H,1,15-16H2,2-3H3,(H,32,34)/b33-22-/t25-,26-,29-/m0/s1. The zero-order valence-electron chi connectivity index (χ0n) is 20.9. The van der Waals surface area contributed by atoms with Gasteiger partial charge in [-0.15, -0.1) is 0 Å². The fourth-order valence-electron chi connectivity index (χ4n) is 5.73. The minimum absolute atomic E-state index is 0.0252. The summed E-state index contributed by atoms with van der Waals surface area (Å²) < 4.78 is 31.8. The molecule has 0 bridgehead atoms. The number of hydrogen-bond donors (Lipinski definition) is 1. The van der Waals surface area contributed by atoms with Crippen LogP contribution in [-0.2, 0) is 24.6 Å². The van der Waals surface area contributed by atoms with Gasteiger partial charge in [-0.05, 0) is 74.2 Å². The lowest BCUT2D eigenvalue weighted by Crippen LogP contribution is -2.51. The topological polar surface area (TPSA) is 84.8 Å². The number of carbonyl (C=O) groups is 1. The molecule has 0 aromatic heterocycles. The molecule has 38 heavy (non-hydrogen) atoms. The number of oxime groups is 1. The summed E-state index contributed by atoms with van der Waals surface area (Å²) in [6, 6.07) is 19.6. The molecule has 1 amide bonds. The van der Waals surface area contributed by atoms with Gasteiger partial charge in [-0.3, -0.25) is 9.08 Å². The predicted molar refractivity (Wildman–Crippen MR) is 153 cm³/mol. The van der Waals surface area contributed by atoms with E-state index in [4.69, 9.17) is 15.9 Å². The van der Waals surface area contributed by atoms with Gasteiger partial charge in [-0.25, -0.2) is 0 Å². The van der Waals surface area contributed by atoms with Gasteiger partial charge in [0.05, 0.1) is 11.1 Å². The van der Waals surface area contributed by atoms with E-state index < -0.39 is 21.5 Å². The molecule has 1 fully saturated rings. The largest absolute Gasteiger partial charge is 0.358 e. The van der Waals surface area contributed by atoms with E-state index in [9.17, 15) is 13.2 Å². The normalized spacial score (nSPS) is 23.8. The van der Waals surface area contributed by atoms with E-state index in [1.54, 1.807) is 18.2 Å². The summed E-state index contributed by atoms with van der Waals surface area (Å²) in [4.78, 5) is 14.0. The number of amides is 1. The van der Waals surface area contributed by atoms with Crippen molar-refractivity contribution < 1.29 is 17.5 Å². The highest BCUT2D eigenvalue weighted by Crippen LogP contribution is 2.58. The van der Waals surface area contributed by atoms with Gasteiger partial charge < -0.3 is 5.32 Å². The van der Waals surface area contributed by atoms with Crippen molar-refractivity contribution in [3.8, 4) is 0 Å². The smallest absolute Gasteiger partial charge is 0.325 e. The zero-order chi connectivity index (χ0) is 27.2. The lowest BCUT2D eigenvalue weighted by atomic mass is 9.54. The van der Waals surface area contributed by atoms with Crippen molar-refractivity contribution >= 4 is 55.0 Å². The molecule has 9 heteroatoms. The van der Waals surface area contributed by atoms with Crippen LogP contribution in [0.25, 0.3) is 0 Å². The van der Waals surface area contributed by atoms with Gasteiger partial charge in [0, 0.05) is 27.0 Å². The quantitative estimate of drug-likeness (QED) is 0.245. The lowest BCUT2D eigenvalue weighted by Gasteiger charge is -2.47. The molecule has 0 saturated heterocycles. The third-order valence-electron chi connectivity index (χ3n) is 7.45. The fraction of sp³-hybridized carbons (Fsp3) is 0.241. The molecule has 1 saturated carbocycles. The molecule has 1 aliphatic carbocycles. The van der Waals surface area contributed by atoms with E-state index in [0.717, 1.165) is 32.4 Å². The van der Waals surface area contributed by atoms with Gasteiger partial charge in [0.15, 0.2) is 0 Å². The van der Waals surface area contributed by atoms with Crippen LogP contribution in [0.4, 0.5) is 5.69 Å². The minimum Gasteiger partial charge on any atom is -0.325 e. The second-order valence-electron chi connectivity index (χ2n) is 9.93. The summed E-state index contributed by atoms with van der Waals surface area (Å²) in [6.07, 6.45) is 0.620. The van der Waals surface area contributed by atoms with Gasteiger partial charge in [-0.2, -0.15) is 8.42 Å². The maximum absolute atomic E-state index is 14.0. The first-order chi connectivity index (χ1) is 18.0. The first kappa shape index (κ1) is 26.7. The van der Waals surface area contributed by atoms with Crippen LogP contribution in [0.3, 0.4) is 0 Å². The lowest BCUT2D eigenvalue weighted by molar-refractivity contribution is -0.123. The van der Waals surface area contributed by atoms with Gasteiger partial charge in [0.25, 0.3) is 0 Å². The Balaban J connectivity index is 1.63. The summed E-state index contributed by atoms with van der Waals surface area (Å²) in [5, 5.41) is 7.78. The van der Waals surface area contributed by atoms with E-state index in [1.165, 1.54) is 12.1 Å². The Morgan fingerprint density at radius 2 is 1.87 bits per heavy atom. The van der Waals surface area contributed by atoms with Gasteiger partial charge in [-0.1, -0.05) is 80.7 Å². The molecule has 3 aromatic carbocycles. The van der Waals surface area contributed by atoms with Crippen molar-refractivity contribution in [3.05, 3.63) is 105 Å². The molecule has 196 valence electrons. The average Bonchev–Trinajstić information content (AvgIpc) is 3.14. The Bertz CT molecular complexity index is 1590. The summed E-state index contributed by atoms with van der Waals surface area (Å²) in [6.45, 7) is 8.00. The van der Waals surface area contributed by atoms with Gasteiger partial charge >= 0.3 is 10.1 Å². The van der Waals surface area contributed by atoms with Crippen LogP contribution in [0, 0.1) is 12.8 Å². The maximum atomic E-state index is 14.0. The second-order valence-corrected chi connectivity index (χ2v) is 12.8. The van der Waals surface area contributed by atoms with E-state index >= 15 is 0 Å². The first-order valence-corrected chi connectivity index (χ1v) is 14.7. The Labute approximate surface area is 236 Å². The third kappa shape index (κ3) is 4.59. The third-order valence-corrected chi connectivity index (χ3v) is 9.30. The molecule has 1 N–H and O–H groups in total. The van der Waals surface area contributed by atoms with Crippen molar-refractivity contribution in [3.63, 3.8) is 0 Å². The number of allylic oxidation sites excluding steroid dienone is 1. The highest BCUT2D eigenvalue weighted by Gasteiger charge is 2.60. The molecule has 2 aliphatic rings.